The molecule has 0 aliphatic carbocycles. The Morgan fingerprint density at radius 1 is 1.03 bits per heavy atom. The number of rotatable bonds is 4. The third-order valence-electron chi connectivity index (χ3n) is 4.88. The van der Waals surface area contributed by atoms with Gasteiger partial charge < -0.3 is 14.6 Å². The van der Waals surface area contributed by atoms with Gasteiger partial charge in [0.25, 0.3) is 0 Å². The summed E-state index contributed by atoms with van der Waals surface area (Å²) in [6.07, 6.45) is 0.871. The second-order valence-electron chi connectivity index (χ2n) is 8.08. The lowest BCUT2D eigenvalue weighted by Crippen LogP contribution is -2.18. The van der Waals surface area contributed by atoms with Crippen molar-refractivity contribution in [2.75, 3.05) is 14.2 Å². The molecule has 0 aliphatic heterocycles. The number of hydrogen-bond acceptors (Lipinski definition) is 7. The van der Waals surface area contributed by atoms with Crippen LogP contribution in [0.4, 0.5) is 0 Å². The van der Waals surface area contributed by atoms with Crippen LogP contribution in [0.1, 0.15) is 32.4 Å². The number of ether oxygens (including phenoxy) is 2. The predicted molar refractivity (Wildman–Crippen MR) is 121 cm³/mol. The maximum absolute atomic E-state index is 11.0. The zero-order valence-electron chi connectivity index (χ0n) is 17.4. The fourth-order valence-electron chi connectivity index (χ4n) is 3.27. The Balaban J connectivity index is 1.97. The van der Waals surface area contributed by atoms with Gasteiger partial charge in [-0.1, -0.05) is 32.4 Å². The quantitative estimate of drug-likeness (QED) is 0.438. The number of halogens is 1. The van der Waals surface area contributed by atoms with Crippen LogP contribution in [0.5, 0.6) is 11.6 Å². The van der Waals surface area contributed by atoms with E-state index in [1.54, 1.807) is 26.5 Å². The molecule has 0 bridgehead atoms. The molecule has 8 heteroatoms. The van der Waals surface area contributed by atoms with Crippen molar-refractivity contribution in [2.45, 2.75) is 26.9 Å². The van der Waals surface area contributed by atoms with E-state index in [-0.39, 0.29) is 5.41 Å². The number of fused-ring (bicyclic) bond motifs is 2. The molecule has 30 heavy (non-hydrogen) atoms. The van der Waals surface area contributed by atoms with Gasteiger partial charge in [0.05, 0.1) is 47.8 Å². The molecule has 0 saturated heterocycles. The van der Waals surface area contributed by atoms with Crippen molar-refractivity contribution in [1.82, 2.24) is 15.0 Å². The lowest BCUT2D eigenvalue weighted by Gasteiger charge is -2.26. The zero-order chi connectivity index (χ0) is 21.6. The third-order valence-corrected chi connectivity index (χ3v) is 6.13. The van der Waals surface area contributed by atoms with Crippen molar-refractivity contribution in [2.24, 2.45) is 5.41 Å². The Bertz CT molecular complexity index is 1250. The first-order chi connectivity index (χ1) is 14.2. The Hall–Kier alpha value is -2.48. The second kappa shape index (κ2) is 7.65. The average Bonchev–Trinajstić information content (AvgIpc) is 3.14. The van der Waals surface area contributed by atoms with Crippen LogP contribution in [0.15, 0.2) is 30.5 Å². The molecule has 156 valence electrons. The van der Waals surface area contributed by atoms with Crippen LogP contribution in [-0.4, -0.2) is 34.3 Å². The summed E-state index contributed by atoms with van der Waals surface area (Å²) < 4.78 is 11.6. The van der Waals surface area contributed by atoms with Crippen molar-refractivity contribution in [3.05, 3.63) is 41.0 Å². The minimum absolute atomic E-state index is 0.353. The number of thiazole rings is 1. The number of hydrogen-bond donors (Lipinski definition) is 1. The molecule has 1 atom stereocenters. The molecule has 0 aliphatic rings. The molecule has 4 rings (SSSR count). The number of nitrogens with zero attached hydrogens (tertiary/aromatic N) is 3. The molecule has 0 saturated carbocycles. The van der Waals surface area contributed by atoms with E-state index < -0.39 is 6.10 Å². The second-order valence-corrected chi connectivity index (χ2v) is 9.55. The number of aliphatic hydroxyl groups is 1. The minimum Gasteiger partial charge on any atom is -0.497 e. The minimum atomic E-state index is -0.704. The van der Waals surface area contributed by atoms with Gasteiger partial charge in [-0.2, -0.15) is 0 Å². The summed E-state index contributed by atoms with van der Waals surface area (Å²) in [6.45, 7) is 5.97. The highest BCUT2D eigenvalue weighted by Crippen LogP contribution is 2.42. The van der Waals surface area contributed by atoms with Crippen LogP contribution in [0.25, 0.3) is 31.8 Å². The molecule has 1 N–H and O–H groups in total. The highest BCUT2D eigenvalue weighted by molar-refractivity contribution is 7.21. The van der Waals surface area contributed by atoms with Gasteiger partial charge >= 0.3 is 0 Å². The first-order valence-corrected chi connectivity index (χ1v) is 10.6. The maximum Gasteiger partial charge on any atom is 0.232 e. The van der Waals surface area contributed by atoms with Crippen molar-refractivity contribution in [1.29, 1.82) is 0 Å². The molecule has 6 nitrogen and oxygen atoms in total. The molecular formula is C22H22ClN3O3S. The standard InChI is InChI=1S/C22H22ClN3O3S/c1-22(2,3)20(27)13-8-12(28-4)9-16-19(13)26-21(30-16)14-6-11(23)7-15-18(14)24-10-17(25-15)29-5/h6-10,20,27H,1-5H3. The van der Waals surface area contributed by atoms with Crippen LogP contribution in [0, 0.1) is 5.41 Å². The summed E-state index contributed by atoms with van der Waals surface area (Å²) >= 11 is 7.86. The van der Waals surface area contributed by atoms with Gasteiger partial charge in [-0.3, -0.25) is 0 Å². The highest BCUT2D eigenvalue weighted by Gasteiger charge is 2.28. The number of aromatic nitrogens is 3. The first kappa shape index (κ1) is 20.8. The SMILES string of the molecule is COc1cc(C(O)C(C)(C)C)c2nc(-c3cc(Cl)cc4nc(OC)cnc34)sc2c1. The predicted octanol–water partition coefficient (Wildman–Crippen LogP) is 5.66. The Morgan fingerprint density at radius 3 is 2.47 bits per heavy atom. The highest BCUT2D eigenvalue weighted by atomic mass is 35.5. The first-order valence-electron chi connectivity index (χ1n) is 9.38. The van der Waals surface area contributed by atoms with Gasteiger partial charge in [0.1, 0.15) is 10.8 Å². The van der Waals surface area contributed by atoms with Gasteiger partial charge in [-0.05, 0) is 29.7 Å². The van der Waals surface area contributed by atoms with Crippen molar-refractivity contribution in [3.8, 4) is 22.2 Å². The largest absolute Gasteiger partial charge is 0.497 e. The van der Waals surface area contributed by atoms with Crippen molar-refractivity contribution < 1.29 is 14.6 Å². The summed E-state index contributed by atoms with van der Waals surface area (Å²) in [4.78, 5) is 13.8. The van der Waals surface area contributed by atoms with Crippen LogP contribution in [0.2, 0.25) is 5.02 Å². The van der Waals surface area contributed by atoms with Crippen LogP contribution >= 0.6 is 22.9 Å². The van der Waals surface area contributed by atoms with E-state index in [0.717, 1.165) is 26.4 Å². The van der Waals surface area contributed by atoms with Gasteiger partial charge in [0.2, 0.25) is 5.88 Å². The molecule has 0 spiro atoms. The van der Waals surface area contributed by atoms with E-state index in [0.29, 0.717) is 27.7 Å². The zero-order valence-corrected chi connectivity index (χ0v) is 18.9. The monoisotopic (exact) mass is 443 g/mol. The fourth-order valence-corrected chi connectivity index (χ4v) is 4.53. The number of methoxy groups -OCH3 is 2. The normalized spacial score (nSPS) is 13.0. The molecule has 0 radical (unpaired) electrons. The van der Waals surface area contributed by atoms with Gasteiger partial charge in [0.15, 0.2) is 0 Å². The van der Waals surface area contributed by atoms with Crippen LogP contribution in [-0.2, 0) is 0 Å². The lowest BCUT2D eigenvalue weighted by atomic mass is 9.84. The van der Waals surface area contributed by atoms with Crippen LogP contribution in [0.3, 0.4) is 0 Å². The molecule has 0 fully saturated rings. The Labute approximate surface area is 183 Å². The average molecular weight is 444 g/mol. The third kappa shape index (κ3) is 3.69. The molecular weight excluding hydrogens is 422 g/mol. The smallest absolute Gasteiger partial charge is 0.232 e. The number of benzene rings is 2. The van der Waals surface area contributed by atoms with E-state index in [1.165, 1.54) is 11.3 Å². The molecule has 2 heterocycles. The molecule has 4 aromatic rings. The van der Waals surface area contributed by atoms with E-state index in [2.05, 4.69) is 9.97 Å². The van der Waals surface area contributed by atoms with Gasteiger partial charge in [-0.25, -0.2) is 15.0 Å². The molecule has 1 unspecified atom stereocenters. The van der Waals surface area contributed by atoms with E-state index in [9.17, 15) is 5.11 Å². The number of aliphatic hydroxyl groups excluding tert-OH is 1. The summed E-state index contributed by atoms with van der Waals surface area (Å²) in [6, 6.07) is 7.36. The van der Waals surface area contributed by atoms with Gasteiger partial charge in [-0.15, -0.1) is 11.3 Å². The molecule has 2 aromatic carbocycles. The topological polar surface area (TPSA) is 77.4 Å². The Morgan fingerprint density at radius 2 is 1.80 bits per heavy atom. The molecule has 0 amide bonds. The molecule has 2 aromatic heterocycles. The summed E-state index contributed by atoms with van der Waals surface area (Å²) in [7, 11) is 3.16. The fraction of sp³-hybridized carbons (Fsp3) is 0.318. The van der Waals surface area contributed by atoms with Crippen molar-refractivity contribution >= 4 is 44.2 Å². The summed E-state index contributed by atoms with van der Waals surface area (Å²) in [5.41, 5.74) is 3.22. The van der Waals surface area contributed by atoms with E-state index >= 15 is 0 Å². The Kier molecular flexibility index (Phi) is 5.30. The summed E-state index contributed by atoms with van der Waals surface area (Å²) in [5, 5.41) is 12.3. The maximum atomic E-state index is 11.0. The van der Waals surface area contributed by atoms with E-state index in [4.69, 9.17) is 26.1 Å². The lowest BCUT2D eigenvalue weighted by molar-refractivity contribution is 0.0636. The van der Waals surface area contributed by atoms with Crippen LogP contribution < -0.4 is 9.47 Å². The van der Waals surface area contributed by atoms with Gasteiger partial charge in [0, 0.05) is 16.1 Å². The summed E-state index contributed by atoms with van der Waals surface area (Å²) in [5.74, 6) is 1.09. The van der Waals surface area contributed by atoms with E-state index in [1.807, 2.05) is 39.0 Å². The van der Waals surface area contributed by atoms with Crippen molar-refractivity contribution in [3.63, 3.8) is 0 Å².